The van der Waals surface area contributed by atoms with Crippen molar-refractivity contribution in [2.24, 2.45) is 0 Å². The van der Waals surface area contributed by atoms with E-state index in [4.69, 9.17) is 0 Å². The SMILES string of the molecule is [Cl-].[Cl-].[Cl-].[Rh+2].c1ccc(P(c2ccccc2)c2ccccc2)cc1. The van der Waals surface area contributed by atoms with Crippen LogP contribution < -0.4 is 53.1 Å². The van der Waals surface area contributed by atoms with Gasteiger partial charge in [-0.25, -0.2) is 0 Å². The average Bonchev–Trinajstić information content (AvgIpc) is 2.51. The Labute approximate surface area is 170 Å². The molecular formula is C18H15Cl3PRh-. The van der Waals surface area contributed by atoms with Gasteiger partial charge in [-0.15, -0.1) is 0 Å². The molecule has 0 aliphatic rings. The fourth-order valence-electron chi connectivity index (χ4n) is 2.18. The molecule has 3 aromatic rings. The van der Waals surface area contributed by atoms with Crippen LogP contribution in [0.2, 0.25) is 0 Å². The van der Waals surface area contributed by atoms with Gasteiger partial charge in [-0.3, -0.25) is 0 Å². The molecule has 0 saturated carbocycles. The van der Waals surface area contributed by atoms with Gasteiger partial charge in [0.05, 0.1) is 0 Å². The van der Waals surface area contributed by atoms with Gasteiger partial charge in [0, 0.05) is 0 Å². The van der Waals surface area contributed by atoms with E-state index < -0.39 is 7.92 Å². The van der Waals surface area contributed by atoms with Crippen LogP contribution >= 0.6 is 7.92 Å². The molecule has 23 heavy (non-hydrogen) atoms. The Bertz CT molecular complexity index is 542. The summed E-state index contributed by atoms with van der Waals surface area (Å²) >= 11 is 0. The van der Waals surface area contributed by atoms with Crippen LogP contribution in [-0.2, 0) is 19.5 Å². The smallest absolute Gasteiger partial charge is 1.00 e. The van der Waals surface area contributed by atoms with E-state index in [-0.39, 0.29) is 56.7 Å². The van der Waals surface area contributed by atoms with Gasteiger partial charge >= 0.3 is 19.5 Å². The molecule has 0 fully saturated rings. The largest absolute Gasteiger partial charge is 2.00 e. The summed E-state index contributed by atoms with van der Waals surface area (Å²) in [6.07, 6.45) is 0. The fourth-order valence-corrected chi connectivity index (χ4v) is 4.48. The maximum Gasteiger partial charge on any atom is 2.00 e. The summed E-state index contributed by atoms with van der Waals surface area (Å²) in [5, 5.41) is 4.19. The van der Waals surface area contributed by atoms with Crippen LogP contribution in [0.25, 0.3) is 0 Å². The molecule has 0 unspecified atom stereocenters. The van der Waals surface area contributed by atoms with Crippen LogP contribution in [0.5, 0.6) is 0 Å². The monoisotopic (exact) mass is 470 g/mol. The van der Waals surface area contributed by atoms with Gasteiger partial charge in [0.1, 0.15) is 0 Å². The first-order valence-electron chi connectivity index (χ1n) is 6.40. The predicted octanol–water partition coefficient (Wildman–Crippen LogP) is -5.55. The van der Waals surface area contributed by atoms with Crippen molar-refractivity contribution in [2.75, 3.05) is 0 Å². The molecule has 3 rings (SSSR count). The third-order valence-electron chi connectivity index (χ3n) is 3.04. The molecule has 0 amide bonds. The first-order valence-corrected chi connectivity index (χ1v) is 7.74. The van der Waals surface area contributed by atoms with Crippen molar-refractivity contribution in [3.8, 4) is 0 Å². The fraction of sp³-hybridized carbons (Fsp3) is 0. The summed E-state index contributed by atoms with van der Waals surface area (Å²) in [5.74, 6) is 0. The molecule has 0 aliphatic heterocycles. The van der Waals surface area contributed by atoms with Crippen LogP contribution in [0, 0.1) is 0 Å². The van der Waals surface area contributed by atoms with E-state index in [1.807, 2.05) is 0 Å². The van der Waals surface area contributed by atoms with Gasteiger partial charge < -0.3 is 37.2 Å². The van der Waals surface area contributed by atoms with Crippen molar-refractivity contribution in [1.82, 2.24) is 0 Å². The average molecular weight is 472 g/mol. The second kappa shape index (κ2) is 12.9. The first-order chi connectivity index (χ1) is 9.45. The Hall–Kier alpha value is -0.417. The zero-order valence-electron chi connectivity index (χ0n) is 12.1. The third-order valence-corrected chi connectivity index (χ3v) is 5.49. The third kappa shape index (κ3) is 6.54. The van der Waals surface area contributed by atoms with Gasteiger partial charge in [-0.05, 0) is 23.8 Å². The number of halogens is 3. The predicted molar refractivity (Wildman–Crippen MR) is 85.1 cm³/mol. The van der Waals surface area contributed by atoms with E-state index in [1.54, 1.807) is 0 Å². The zero-order chi connectivity index (χ0) is 12.9. The molecular weight excluding hydrogens is 456 g/mol. The first kappa shape index (κ1) is 24.8. The molecule has 0 aromatic heterocycles. The summed E-state index contributed by atoms with van der Waals surface area (Å²) in [4.78, 5) is 0. The van der Waals surface area contributed by atoms with E-state index >= 15 is 0 Å². The van der Waals surface area contributed by atoms with Crippen molar-refractivity contribution in [2.45, 2.75) is 0 Å². The van der Waals surface area contributed by atoms with Gasteiger partial charge in [0.2, 0.25) is 0 Å². The number of benzene rings is 3. The topological polar surface area (TPSA) is 0 Å². The molecule has 0 saturated heterocycles. The number of rotatable bonds is 3. The van der Waals surface area contributed by atoms with E-state index in [0.29, 0.717) is 0 Å². The second-order valence-electron chi connectivity index (χ2n) is 4.34. The van der Waals surface area contributed by atoms with Gasteiger partial charge in [0.15, 0.2) is 0 Å². The molecule has 0 nitrogen and oxygen atoms in total. The normalized spacial score (nSPS) is 8.74. The minimum Gasteiger partial charge on any atom is -1.00 e. The van der Waals surface area contributed by atoms with Crippen molar-refractivity contribution in [1.29, 1.82) is 0 Å². The molecule has 0 heterocycles. The van der Waals surface area contributed by atoms with Gasteiger partial charge in [0.25, 0.3) is 0 Å². The summed E-state index contributed by atoms with van der Waals surface area (Å²) in [6, 6.07) is 32.3. The quantitative estimate of drug-likeness (QED) is 0.264. The van der Waals surface area contributed by atoms with Crippen molar-refractivity contribution in [3.63, 3.8) is 0 Å². The minimum atomic E-state index is -0.446. The van der Waals surface area contributed by atoms with Crippen LogP contribution in [-0.4, -0.2) is 0 Å². The molecule has 5 heteroatoms. The summed E-state index contributed by atoms with van der Waals surface area (Å²) in [5.41, 5.74) is 0. The summed E-state index contributed by atoms with van der Waals surface area (Å²) in [6.45, 7) is 0. The molecule has 0 bridgehead atoms. The summed E-state index contributed by atoms with van der Waals surface area (Å²) < 4.78 is 0. The molecule has 0 atom stereocenters. The Morgan fingerprint density at radius 3 is 0.826 bits per heavy atom. The Morgan fingerprint density at radius 2 is 0.609 bits per heavy atom. The van der Waals surface area contributed by atoms with E-state index in [1.165, 1.54) is 15.9 Å². The molecule has 0 aliphatic carbocycles. The number of hydrogen-bond acceptors (Lipinski definition) is 0. The van der Waals surface area contributed by atoms with Gasteiger partial charge in [-0.1, -0.05) is 91.0 Å². The molecule has 1 radical (unpaired) electrons. The van der Waals surface area contributed by atoms with Crippen LogP contribution in [0.3, 0.4) is 0 Å². The maximum absolute atomic E-state index is 2.23. The Morgan fingerprint density at radius 1 is 0.391 bits per heavy atom. The zero-order valence-corrected chi connectivity index (χ0v) is 16.9. The van der Waals surface area contributed by atoms with Crippen LogP contribution in [0.4, 0.5) is 0 Å². The Kier molecular flexibility index (Phi) is 14.0. The minimum absolute atomic E-state index is 0. The summed E-state index contributed by atoms with van der Waals surface area (Å²) in [7, 11) is -0.446. The van der Waals surface area contributed by atoms with Crippen LogP contribution in [0.1, 0.15) is 0 Å². The van der Waals surface area contributed by atoms with Crippen molar-refractivity contribution in [3.05, 3.63) is 91.0 Å². The van der Waals surface area contributed by atoms with E-state index in [2.05, 4.69) is 91.0 Å². The van der Waals surface area contributed by atoms with Gasteiger partial charge in [-0.2, -0.15) is 0 Å². The number of hydrogen-bond donors (Lipinski definition) is 0. The maximum atomic E-state index is 2.23. The van der Waals surface area contributed by atoms with E-state index in [9.17, 15) is 0 Å². The van der Waals surface area contributed by atoms with E-state index in [0.717, 1.165) is 0 Å². The Balaban J connectivity index is 0. The molecule has 123 valence electrons. The second-order valence-corrected chi connectivity index (χ2v) is 6.56. The van der Waals surface area contributed by atoms with Crippen molar-refractivity contribution >= 4 is 23.8 Å². The van der Waals surface area contributed by atoms with Crippen molar-refractivity contribution < 1.29 is 56.7 Å². The molecule has 0 spiro atoms. The standard InChI is InChI=1S/C18H15P.3ClH.Rh/c1-4-10-16(11-5-1)19(17-12-6-2-7-13-17)18-14-8-3-9-15-18;;;;/h1-15H;3*1H;/q;;;;+2/p-3. The molecule has 3 aromatic carbocycles. The van der Waals surface area contributed by atoms with Crippen LogP contribution in [0.15, 0.2) is 91.0 Å². The molecule has 0 N–H and O–H groups in total.